The molecule has 1 aliphatic heterocycles. The number of ether oxygens (including phenoxy) is 1. The Morgan fingerprint density at radius 2 is 1.95 bits per heavy atom. The van der Waals surface area contributed by atoms with Crippen LogP contribution in [0.25, 0.3) is 0 Å². The van der Waals surface area contributed by atoms with Crippen LogP contribution in [-0.2, 0) is 25.0 Å². The quantitative estimate of drug-likeness (QED) is 0.810. The summed E-state index contributed by atoms with van der Waals surface area (Å²) < 4.78 is 66.0. The van der Waals surface area contributed by atoms with Gasteiger partial charge in [-0.05, 0) is 31.0 Å². The van der Waals surface area contributed by atoms with E-state index in [2.05, 4.69) is 4.72 Å². The molecule has 1 aromatic rings. The van der Waals surface area contributed by atoms with Crippen LogP contribution in [0.4, 0.5) is 3.89 Å². The number of halogens is 1. The normalized spacial score (nSPS) is 20.1. The molecule has 1 saturated heterocycles. The molecule has 0 aromatic heterocycles. The minimum absolute atomic E-state index is 0.106. The fraction of sp³-hybridized carbons (Fsp3) is 0.455. The van der Waals surface area contributed by atoms with Crippen molar-refractivity contribution in [2.45, 2.75) is 28.7 Å². The van der Waals surface area contributed by atoms with E-state index in [1.165, 1.54) is 12.1 Å². The molecule has 1 fully saturated rings. The van der Waals surface area contributed by atoms with E-state index in [1.54, 1.807) is 0 Å². The Balaban J connectivity index is 2.16. The third-order valence-electron chi connectivity index (χ3n) is 2.92. The number of hydrogen-bond acceptors (Lipinski definition) is 5. The summed E-state index contributed by atoms with van der Waals surface area (Å²) in [6.07, 6.45) is 1.46. The van der Waals surface area contributed by atoms with Gasteiger partial charge in [-0.3, -0.25) is 0 Å². The summed E-state index contributed by atoms with van der Waals surface area (Å²) in [5.74, 6) is 0. The van der Waals surface area contributed by atoms with Crippen LogP contribution in [0.5, 0.6) is 0 Å². The van der Waals surface area contributed by atoms with Crippen LogP contribution in [-0.4, -0.2) is 36.1 Å². The van der Waals surface area contributed by atoms with Crippen molar-refractivity contribution in [3.8, 4) is 0 Å². The van der Waals surface area contributed by atoms with Gasteiger partial charge in [0.25, 0.3) is 0 Å². The van der Waals surface area contributed by atoms with E-state index >= 15 is 0 Å². The maximum absolute atomic E-state index is 12.9. The third-order valence-corrected chi connectivity index (χ3v) is 5.16. The molecule has 6 nitrogen and oxygen atoms in total. The van der Waals surface area contributed by atoms with E-state index in [1.807, 2.05) is 0 Å². The molecule has 1 unspecified atom stereocenters. The Morgan fingerprint density at radius 1 is 1.25 bits per heavy atom. The van der Waals surface area contributed by atoms with Crippen LogP contribution in [0.2, 0.25) is 0 Å². The lowest BCUT2D eigenvalue weighted by Crippen LogP contribution is -2.31. The van der Waals surface area contributed by atoms with Gasteiger partial charge in [0.15, 0.2) is 0 Å². The smallest absolute Gasteiger partial charge is 0.332 e. The molecule has 1 N–H and O–H groups in total. The van der Waals surface area contributed by atoms with Crippen molar-refractivity contribution >= 4 is 20.2 Å². The van der Waals surface area contributed by atoms with E-state index in [0.29, 0.717) is 6.61 Å². The van der Waals surface area contributed by atoms with E-state index < -0.39 is 25.1 Å². The molecular formula is C11H14FNO5S2. The Kier molecular flexibility index (Phi) is 4.43. The number of benzene rings is 1. The minimum Gasteiger partial charge on any atom is -0.377 e. The first kappa shape index (κ1) is 15.4. The molecule has 2 rings (SSSR count). The van der Waals surface area contributed by atoms with E-state index in [4.69, 9.17) is 4.74 Å². The van der Waals surface area contributed by atoms with Crippen LogP contribution < -0.4 is 4.72 Å². The van der Waals surface area contributed by atoms with Crippen molar-refractivity contribution in [3.05, 3.63) is 24.3 Å². The van der Waals surface area contributed by atoms with Crippen LogP contribution in [0.3, 0.4) is 0 Å². The van der Waals surface area contributed by atoms with Crippen LogP contribution >= 0.6 is 0 Å². The average molecular weight is 323 g/mol. The molecule has 1 heterocycles. The minimum atomic E-state index is -4.93. The third kappa shape index (κ3) is 3.75. The molecule has 0 saturated carbocycles. The van der Waals surface area contributed by atoms with Gasteiger partial charge in [0.1, 0.15) is 0 Å². The molecule has 20 heavy (non-hydrogen) atoms. The summed E-state index contributed by atoms with van der Waals surface area (Å²) in [6, 6.07) is 4.15. The lowest BCUT2D eigenvalue weighted by atomic mass is 10.2. The summed E-state index contributed by atoms with van der Waals surface area (Å²) >= 11 is 0. The summed E-state index contributed by atoms with van der Waals surface area (Å²) in [7, 11) is -8.82. The molecule has 9 heteroatoms. The van der Waals surface area contributed by atoms with Gasteiger partial charge >= 0.3 is 10.2 Å². The van der Waals surface area contributed by atoms with Crippen LogP contribution in [0.15, 0.2) is 34.1 Å². The van der Waals surface area contributed by atoms with Crippen molar-refractivity contribution in [3.63, 3.8) is 0 Å². The second-order valence-corrected chi connectivity index (χ2v) is 7.51. The predicted molar refractivity (Wildman–Crippen MR) is 68.9 cm³/mol. The largest absolute Gasteiger partial charge is 0.377 e. The molecule has 0 bridgehead atoms. The predicted octanol–water partition coefficient (Wildman–Crippen LogP) is 0.802. The van der Waals surface area contributed by atoms with E-state index in [-0.39, 0.29) is 17.5 Å². The van der Waals surface area contributed by atoms with Gasteiger partial charge in [-0.2, -0.15) is 8.42 Å². The van der Waals surface area contributed by atoms with Crippen LogP contribution in [0.1, 0.15) is 12.8 Å². The van der Waals surface area contributed by atoms with Gasteiger partial charge in [-0.25, -0.2) is 13.1 Å². The first-order chi connectivity index (χ1) is 9.29. The molecule has 1 aliphatic rings. The number of hydrogen-bond donors (Lipinski definition) is 1. The van der Waals surface area contributed by atoms with Crippen molar-refractivity contribution < 1.29 is 25.5 Å². The standard InChI is InChI=1S/C11H14FNO5S2/c12-19(14,15)10-4-1-5-11(7-10)20(16,17)13-8-9-3-2-6-18-9/h1,4-5,7,9,13H,2-3,6,8H2. The van der Waals surface area contributed by atoms with Gasteiger partial charge in [0, 0.05) is 13.2 Å². The molecule has 0 amide bonds. The van der Waals surface area contributed by atoms with Gasteiger partial charge in [0.2, 0.25) is 10.0 Å². The summed E-state index contributed by atoms with van der Waals surface area (Å²) in [6.45, 7) is 0.705. The zero-order valence-corrected chi connectivity index (χ0v) is 12.1. The number of nitrogens with one attached hydrogen (secondary N) is 1. The van der Waals surface area contributed by atoms with Crippen molar-refractivity contribution in [1.29, 1.82) is 0 Å². The summed E-state index contributed by atoms with van der Waals surface area (Å²) in [5, 5.41) is 0. The number of sulfonamides is 1. The molecule has 112 valence electrons. The molecular weight excluding hydrogens is 309 g/mol. The Hall–Kier alpha value is -1.03. The lowest BCUT2D eigenvalue weighted by Gasteiger charge is -2.11. The Bertz CT molecular complexity index is 681. The zero-order valence-electron chi connectivity index (χ0n) is 10.5. The highest BCUT2D eigenvalue weighted by atomic mass is 32.3. The van der Waals surface area contributed by atoms with Crippen molar-refractivity contribution in [2.75, 3.05) is 13.2 Å². The highest BCUT2D eigenvalue weighted by Crippen LogP contribution is 2.18. The maximum Gasteiger partial charge on any atom is 0.332 e. The fourth-order valence-corrected chi connectivity index (χ4v) is 3.58. The van der Waals surface area contributed by atoms with Crippen LogP contribution in [0, 0.1) is 0 Å². The van der Waals surface area contributed by atoms with Crippen molar-refractivity contribution in [2.24, 2.45) is 0 Å². The summed E-state index contributed by atoms with van der Waals surface area (Å²) in [4.78, 5) is -0.980. The molecule has 1 aromatic carbocycles. The maximum atomic E-state index is 12.9. The van der Waals surface area contributed by atoms with E-state index in [9.17, 15) is 20.7 Å². The average Bonchev–Trinajstić information content (AvgIpc) is 2.89. The van der Waals surface area contributed by atoms with Gasteiger partial charge < -0.3 is 4.74 Å². The van der Waals surface area contributed by atoms with Gasteiger partial charge in [-0.1, -0.05) is 6.07 Å². The Morgan fingerprint density at radius 3 is 2.55 bits per heavy atom. The highest BCUT2D eigenvalue weighted by Gasteiger charge is 2.22. The monoisotopic (exact) mass is 323 g/mol. The zero-order chi connectivity index (χ0) is 14.8. The first-order valence-corrected chi connectivity index (χ1v) is 8.82. The molecule has 0 radical (unpaired) electrons. The molecule has 1 atom stereocenters. The second-order valence-electron chi connectivity index (χ2n) is 4.40. The van der Waals surface area contributed by atoms with Gasteiger partial charge in [0.05, 0.1) is 15.9 Å². The Labute approximate surface area is 117 Å². The first-order valence-electron chi connectivity index (χ1n) is 5.95. The molecule has 0 aliphatic carbocycles. The second kappa shape index (κ2) is 5.76. The number of rotatable bonds is 5. The summed E-state index contributed by atoms with van der Waals surface area (Å²) in [5.41, 5.74) is 0. The topological polar surface area (TPSA) is 89.5 Å². The highest BCUT2D eigenvalue weighted by molar-refractivity contribution is 7.89. The van der Waals surface area contributed by atoms with Gasteiger partial charge in [-0.15, -0.1) is 3.89 Å². The molecule has 0 spiro atoms. The SMILES string of the molecule is O=S(=O)(F)c1cccc(S(=O)(=O)NCC2CCCO2)c1. The van der Waals surface area contributed by atoms with E-state index in [0.717, 1.165) is 25.0 Å². The fourth-order valence-electron chi connectivity index (χ4n) is 1.88. The van der Waals surface area contributed by atoms with Crippen molar-refractivity contribution in [1.82, 2.24) is 4.72 Å². The lowest BCUT2D eigenvalue weighted by molar-refractivity contribution is 0.114.